The van der Waals surface area contributed by atoms with Crippen molar-refractivity contribution in [1.82, 2.24) is 10.3 Å². The van der Waals surface area contributed by atoms with E-state index in [4.69, 9.17) is 17.3 Å². The van der Waals surface area contributed by atoms with Gasteiger partial charge in [0.2, 0.25) is 0 Å². The number of pyridine rings is 1. The molecule has 0 aliphatic carbocycles. The number of hydrogen-bond donors (Lipinski definition) is 2. The van der Waals surface area contributed by atoms with Crippen molar-refractivity contribution in [2.75, 3.05) is 12.3 Å². The van der Waals surface area contributed by atoms with Crippen molar-refractivity contribution < 1.29 is 4.79 Å². The standard InChI is InChI=1S/C14H14ClN3O/c15-12-3-1-2-10(6-12)4-5-18-14(19)11-7-13(16)9-17-8-11/h1-3,6-9H,4-5,16H2,(H,18,19). The Morgan fingerprint density at radius 2 is 2.16 bits per heavy atom. The fourth-order valence-electron chi connectivity index (χ4n) is 1.70. The van der Waals surface area contributed by atoms with Crippen LogP contribution in [0.1, 0.15) is 15.9 Å². The minimum Gasteiger partial charge on any atom is -0.397 e. The van der Waals surface area contributed by atoms with Crippen LogP contribution in [0.2, 0.25) is 5.02 Å². The Bertz CT molecular complexity index is 586. The molecule has 1 aromatic heterocycles. The van der Waals surface area contributed by atoms with E-state index in [1.54, 1.807) is 6.07 Å². The van der Waals surface area contributed by atoms with Gasteiger partial charge in [-0.05, 0) is 30.2 Å². The lowest BCUT2D eigenvalue weighted by Crippen LogP contribution is -2.25. The Balaban J connectivity index is 1.87. The summed E-state index contributed by atoms with van der Waals surface area (Å²) in [5.74, 6) is -0.179. The largest absolute Gasteiger partial charge is 0.397 e. The van der Waals surface area contributed by atoms with Crippen LogP contribution >= 0.6 is 11.6 Å². The molecule has 98 valence electrons. The Morgan fingerprint density at radius 1 is 1.32 bits per heavy atom. The van der Waals surface area contributed by atoms with Crippen LogP contribution in [-0.2, 0) is 6.42 Å². The molecule has 0 unspecified atom stereocenters. The number of carbonyl (C=O) groups excluding carboxylic acids is 1. The van der Waals surface area contributed by atoms with E-state index in [1.165, 1.54) is 12.4 Å². The first-order valence-electron chi connectivity index (χ1n) is 5.88. The number of nitrogens with one attached hydrogen (secondary N) is 1. The lowest BCUT2D eigenvalue weighted by atomic mass is 10.1. The molecule has 4 nitrogen and oxygen atoms in total. The van der Waals surface area contributed by atoms with Crippen molar-refractivity contribution in [3.8, 4) is 0 Å². The molecule has 19 heavy (non-hydrogen) atoms. The van der Waals surface area contributed by atoms with Gasteiger partial charge in [0, 0.05) is 24.0 Å². The highest BCUT2D eigenvalue weighted by Crippen LogP contribution is 2.10. The smallest absolute Gasteiger partial charge is 0.252 e. The van der Waals surface area contributed by atoms with Gasteiger partial charge in [-0.3, -0.25) is 9.78 Å². The Morgan fingerprint density at radius 3 is 2.89 bits per heavy atom. The van der Waals surface area contributed by atoms with E-state index in [9.17, 15) is 4.79 Å². The van der Waals surface area contributed by atoms with Crippen molar-refractivity contribution >= 4 is 23.2 Å². The third-order valence-corrected chi connectivity index (χ3v) is 2.84. The molecule has 3 N–H and O–H groups in total. The number of rotatable bonds is 4. The molecule has 0 fully saturated rings. The lowest BCUT2D eigenvalue weighted by molar-refractivity contribution is 0.0954. The summed E-state index contributed by atoms with van der Waals surface area (Å²) in [7, 11) is 0. The molecule has 0 aliphatic rings. The van der Waals surface area contributed by atoms with Crippen molar-refractivity contribution in [1.29, 1.82) is 0 Å². The molecule has 0 aliphatic heterocycles. The van der Waals surface area contributed by atoms with Gasteiger partial charge in [0.1, 0.15) is 0 Å². The topological polar surface area (TPSA) is 68.0 Å². The highest BCUT2D eigenvalue weighted by atomic mass is 35.5. The van der Waals surface area contributed by atoms with Crippen molar-refractivity contribution in [3.63, 3.8) is 0 Å². The average molecular weight is 276 g/mol. The quantitative estimate of drug-likeness (QED) is 0.900. The predicted octanol–water partition coefficient (Wildman–Crippen LogP) is 2.29. The molecule has 1 aromatic carbocycles. The first-order valence-corrected chi connectivity index (χ1v) is 6.26. The third kappa shape index (κ3) is 3.96. The van der Waals surface area contributed by atoms with Crippen molar-refractivity contribution in [2.24, 2.45) is 0 Å². The monoisotopic (exact) mass is 275 g/mol. The molecule has 2 aromatic rings. The summed E-state index contributed by atoms with van der Waals surface area (Å²) in [6.07, 6.45) is 3.72. The van der Waals surface area contributed by atoms with Crippen LogP contribution in [0.25, 0.3) is 0 Å². The van der Waals surface area contributed by atoms with Gasteiger partial charge in [-0.25, -0.2) is 0 Å². The minimum absolute atomic E-state index is 0.179. The van der Waals surface area contributed by atoms with E-state index in [0.717, 1.165) is 12.0 Å². The summed E-state index contributed by atoms with van der Waals surface area (Å²) in [6.45, 7) is 0.536. The number of anilines is 1. The fraction of sp³-hybridized carbons (Fsp3) is 0.143. The number of nitrogen functional groups attached to an aromatic ring is 1. The second kappa shape index (κ2) is 6.20. The molecule has 2 rings (SSSR count). The molecule has 5 heteroatoms. The van der Waals surface area contributed by atoms with Crippen LogP contribution < -0.4 is 11.1 Å². The first-order chi connectivity index (χ1) is 9.15. The van der Waals surface area contributed by atoms with Crippen LogP contribution in [-0.4, -0.2) is 17.4 Å². The number of carbonyl (C=O) groups is 1. The summed E-state index contributed by atoms with van der Waals surface area (Å²) in [5.41, 5.74) is 7.60. The number of halogens is 1. The van der Waals surface area contributed by atoms with Gasteiger partial charge in [0.05, 0.1) is 11.3 Å². The van der Waals surface area contributed by atoms with Gasteiger partial charge < -0.3 is 11.1 Å². The van der Waals surface area contributed by atoms with Crippen LogP contribution in [0.15, 0.2) is 42.7 Å². The van der Waals surface area contributed by atoms with E-state index < -0.39 is 0 Å². The number of benzene rings is 1. The number of hydrogen-bond acceptors (Lipinski definition) is 3. The van der Waals surface area contributed by atoms with Gasteiger partial charge in [0.25, 0.3) is 5.91 Å². The molecule has 0 saturated carbocycles. The summed E-state index contributed by atoms with van der Waals surface area (Å²) < 4.78 is 0. The molecule has 0 bridgehead atoms. The van der Waals surface area contributed by atoms with E-state index in [2.05, 4.69) is 10.3 Å². The zero-order chi connectivity index (χ0) is 13.7. The average Bonchev–Trinajstić information content (AvgIpc) is 2.38. The maximum Gasteiger partial charge on any atom is 0.252 e. The molecule has 1 amide bonds. The lowest BCUT2D eigenvalue weighted by Gasteiger charge is -2.06. The van der Waals surface area contributed by atoms with Gasteiger partial charge in [-0.1, -0.05) is 23.7 Å². The van der Waals surface area contributed by atoms with Gasteiger partial charge in [0.15, 0.2) is 0 Å². The molecule has 1 heterocycles. The minimum atomic E-state index is -0.179. The van der Waals surface area contributed by atoms with Gasteiger partial charge in [-0.2, -0.15) is 0 Å². The fourth-order valence-corrected chi connectivity index (χ4v) is 1.91. The first kappa shape index (κ1) is 13.4. The van der Waals surface area contributed by atoms with Crippen molar-refractivity contribution in [2.45, 2.75) is 6.42 Å². The van der Waals surface area contributed by atoms with Gasteiger partial charge in [-0.15, -0.1) is 0 Å². The Hall–Kier alpha value is -2.07. The van der Waals surface area contributed by atoms with Crippen LogP contribution in [0.5, 0.6) is 0 Å². The number of amides is 1. The molecule has 0 radical (unpaired) electrons. The zero-order valence-electron chi connectivity index (χ0n) is 10.3. The van der Waals surface area contributed by atoms with Gasteiger partial charge >= 0.3 is 0 Å². The Kier molecular flexibility index (Phi) is 4.36. The molecule has 0 atom stereocenters. The normalized spacial score (nSPS) is 10.2. The number of nitrogens with zero attached hydrogens (tertiary/aromatic N) is 1. The summed E-state index contributed by atoms with van der Waals surface area (Å²) in [4.78, 5) is 15.7. The number of nitrogens with two attached hydrogens (primary N) is 1. The molecular weight excluding hydrogens is 262 g/mol. The maximum atomic E-state index is 11.8. The van der Waals surface area contributed by atoms with Crippen LogP contribution in [0, 0.1) is 0 Å². The zero-order valence-corrected chi connectivity index (χ0v) is 11.0. The highest BCUT2D eigenvalue weighted by Gasteiger charge is 2.05. The number of aromatic nitrogens is 1. The molecule has 0 saturated heterocycles. The SMILES string of the molecule is Nc1cncc(C(=O)NCCc2cccc(Cl)c2)c1. The van der Waals surface area contributed by atoms with Crippen LogP contribution in [0.3, 0.4) is 0 Å². The van der Waals surface area contributed by atoms with E-state index >= 15 is 0 Å². The van der Waals surface area contributed by atoms with E-state index in [1.807, 2.05) is 24.3 Å². The highest BCUT2D eigenvalue weighted by molar-refractivity contribution is 6.30. The third-order valence-electron chi connectivity index (χ3n) is 2.61. The van der Waals surface area contributed by atoms with E-state index in [-0.39, 0.29) is 5.91 Å². The molecular formula is C14H14ClN3O. The maximum absolute atomic E-state index is 11.8. The summed E-state index contributed by atoms with van der Waals surface area (Å²) in [5, 5.41) is 3.51. The molecule has 0 spiro atoms. The van der Waals surface area contributed by atoms with Crippen LogP contribution in [0.4, 0.5) is 5.69 Å². The van der Waals surface area contributed by atoms with Crippen molar-refractivity contribution in [3.05, 3.63) is 58.9 Å². The second-order valence-electron chi connectivity index (χ2n) is 4.14. The summed E-state index contributed by atoms with van der Waals surface area (Å²) >= 11 is 5.89. The predicted molar refractivity (Wildman–Crippen MR) is 76.1 cm³/mol. The Labute approximate surface area is 116 Å². The summed E-state index contributed by atoms with van der Waals surface area (Å²) in [6, 6.07) is 9.17. The van der Waals surface area contributed by atoms with E-state index in [0.29, 0.717) is 22.8 Å². The second-order valence-corrected chi connectivity index (χ2v) is 4.58.